The number of aromatic nitrogens is 2. The fraction of sp³-hybridized carbons (Fsp3) is 0.304. The van der Waals surface area contributed by atoms with Crippen LogP contribution in [-0.2, 0) is 17.1 Å². The third kappa shape index (κ3) is 4.76. The van der Waals surface area contributed by atoms with E-state index < -0.39 is 21.7 Å². The fourth-order valence-electron chi connectivity index (χ4n) is 3.89. The smallest absolute Gasteiger partial charge is 0.259 e. The number of amides is 1. The minimum absolute atomic E-state index is 0.0806. The first kappa shape index (κ1) is 22.9. The number of piperidine rings is 1. The van der Waals surface area contributed by atoms with Gasteiger partial charge in [0.1, 0.15) is 17.3 Å². The Kier molecular flexibility index (Phi) is 6.48. The molecular weight excluding hydrogens is 447 g/mol. The highest BCUT2D eigenvalue weighted by Gasteiger charge is 2.27. The normalized spacial score (nSPS) is 14.8. The van der Waals surface area contributed by atoms with Crippen LogP contribution in [0.2, 0.25) is 0 Å². The number of hydrogen-bond donors (Lipinski definition) is 1. The van der Waals surface area contributed by atoms with Gasteiger partial charge in [0.15, 0.2) is 0 Å². The number of aryl methyl sites for hydroxylation is 1. The Balaban J connectivity index is 1.67. The molecule has 8 nitrogen and oxygen atoms in total. The third-order valence-electron chi connectivity index (χ3n) is 5.54. The molecule has 1 amide bonds. The van der Waals surface area contributed by atoms with E-state index >= 15 is 0 Å². The average molecular weight is 473 g/mol. The molecule has 2 aromatic carbocycles. The minimum atomic E-state index is -3.69. The molecule has 1 aromatic heterocycles. The van der Waals surface area contributed by atoms with Crippen molar-refractivity contribution in [1.82, 2.24) is 14.1 Å². The molecule has 33 heavy (non-hydrogen) atoms. The Hall–Kier alpha value is -3.24. The maximum absolute atomic E-state index is 13.7. The van der Waals surface area contributed by atoms with Gasteiger partial charge in [0.05, 0.1) is 23.3 Å². The van der Waals surface area contributed by atoms with E-state index in [1.807, 2.05) is 0 Å². The van der Waals surface area contributed by atoms with Crippen molar-refractivity contribution in [2.24, 2.45) is 7.05 Å². The van der Waals surface area contributed by atoms with Crippen LogP contribution < -0.4 is 10.1 Å². The number of nitrogens with one attached hydrogen (secondary N) is 1. The Bertz CT molecular complexity index is 1280. The molecule has 1 fully saturated rings. The molecule has 0 radical (unpaired) electrons. The lowest BCUT2D eigenvalue weighted by Crippen LogP contribution is -2.35. The highest BCUT2D eigenvalue weighted by atomic mass is 32.2. The first-order valence-electron chi connectivity index (χ1n) is 10.6. The van der Waals surface area contributed by atoms with Crippen LogP contribution in [-0.4, -0.2) is 48.6 Å². The van der Waals surface area contributed by atoms with Gasteiger partial charge in [-0.25, -0.2) is 12.8 Å². The van der Waals surface area contributed by atoms with Crippen molar-refractivity contribution in [3.63, 3.8) is 0 Å². The molecular formula is C23H25FN4O4S. The highest BCUT2D eigenvalue weighted by Crippen LogP contribution is 2.31. The molecule has 2 heterocycles. The number of carbonyl (C=O) groups excluding carboxylic acids is 1. The zero-order valence-corrected chi connectivity index (χ0v) is 19.2. The maximum Gasteiger partial charge on any atom is 0.259 e. The van der Waals surface area contributed by atoms with Gasteiger partial charge in [-0.3, -0.25) is 9.48 Å². The predicted octanol–water partition coefficient (Wildman–Crippen LogP) is 3.66. The SMILES string of the molecule is COc1ccc(S(=O)(=O)N2CCCCC2)cc1NC(=O)c1cn(C)nc1-c1cccc(F)c1. The summed E-state index contributed by atoms with van der Waals surface area (Å²) in [5.74, 6) is -0.646. The number of nitrogens with zero attached hydrogens (tertiary/aromatic N) is 3. The lowest BCUT2D eigenvalue weighted by Gasteiger charge is -2.26. The molecule has 0 spiro atoms. The van der Waals surface area contributed by atoms with Crippen molar-refractivity contribution in [3.8, 4) is 17.0 Å². The van der Waals surface area contributed by atoms with Gasteiger partial charge < -0.3 is 10.1 Å². The van der Waals surface area contributed by atoms with Gasteiger partial charge >= 0.3 is 0 Å². The van der Waals surface area contributed by atoms with E-state index in [9.17, 15) is 17.6 Å². The summed E-state index contributed by atoms with van der Waals surface area (Å²) in [6.07, 6.45) is 4.18. The summed E-state index contributed by atoms with van der Waals surface area (Å²) >= 11 is 0. The minimum Gasteiger partial charge on any atom is -0.495 e. The van der Waals surface area contributed by atoms with E-state index in [0.29, 0.717) is 30.1 Å². The largest absolute Gasteiger partial charge is 0.495 e. The Labute approximate surface area is 192 Å². The first-order chi connectivity index (χ1) is 15.8. The van der Waals surface area contributed by atoms with E-state index in [0.717, 1.165) is 19.3 Å². The van der Waals surface area contributed by atoms with Crippen LogP contribution in [0.4, 0.5) is 10.1 Å². The van der Waals surface area contributed by atoms with Gasteiger partial charge in [-0.1, -0.05) is 18.6 Å². The topological polar surface area (TPSA) is 93.5 Å². The van der Waals surface area contributed by atoms with Gasteiger partial charge in [0.2, 0.25) is 10.0 Å². The number of rotatable bonds is 6. The van der Waals surface area contributed by atoms with Crippen molar-refractivity contribution < 1.29 is 22.3 Å². The summed E-state index contributed by atoms with van der Waals surface area (Å²) in [6, 6.07) is 10.2. The summed E-state index contributed by atoms with van der Waals surface area (Å²) in [7, 11) is -0.598. The van der Waals surface area contributed by atoms with Crippen molar-refractivity contribution in [2.75, 3.05) is 25.5 Å². The summed E-state index contributed by atoms with van der Waals surface area (Å²) in [4.78, 5) is 13.2. The van der Waals surface area contributed by atoms with E-state index in [-0.39, 0.29) is 16.1 Å². The number of ether oxygens (including phenoxy) is 1. The molecule has 174 valence electrons. The molecule has 0 aliphatic carbocycles. The average Bonchev–Trinajstić information content (AvgIpc) is 3.21. The first-order valence-corrected chi connectivity index (χ1v) is 12.0. The molecule has 0 atom stereocenters. The van der Waals surface area contributed by atoms with Gasteiger partial charge in [-0.15, -0.1) is 0 Å². The van der Waals surface area contributed by atoms with Crippen molar-refractivity contribution in [2.45, 2.75) is 24.2 Å². The molecule has 1 N–H and O–H groups in total. The summed E-state index contributed by atoms with van der Waals surface area (Å²) in [5.41, 5.74) is 1.20. The molecule has 0 unspecified atom stereocenters. The van der Waals surface area contributed by atoms with Gasteiger partial charge in [0, 0.05) is 31.9 Å². The second-order valence-corrected chi connectivity index (χ2v) is 9.79. The number of sulfonamides is 1. The van der Waals surface area contributed by atoms with Crippen molar-refractivity contribution in [1.29, 1.82) is 0 Å². The lowest BCUT2D eigenvalue weighted by molar-refractivity contribution is 0.102. The quantitative estimate of drug-likeness (QED) is 0.591. The number of carbonyl (C=O) groups is 1. The Morgan fingerprint density at radius 1 is 1.12 bits per heavy atom. The van der Waals surface area contributed by atoms with E-state index in [2.05, 4.69) is 10.4 Å². The van der Waals surface area contributed by atoms with Crippen LogP contribution in [0, 0.1) is 5.82 Å². The van der Waals surface area contributed by atoms with Crippen LogP contribution >= 0.6 is 0 Å². The molecule has 0 bridgehead atoms. The maximum atomic E-state index is 13.7. The molecule has 1 saturated heterocycles. The van der Waals surface area contributed by atoms with E-state index in [1.165, 1.54) is 52.6 Å². The molecule has 10 heteroatoms. The van der Waals surface area contributed by atoms with E-state index in [4.69, 9.17) is 4.74 Å². The second-order valence-electron chi connectivity index (χ2n) is 7.86. The zero-order valence-electron chi connectivity index (χ0n) is 18.4. The van der Waals surface area contributed by atoms with Crippen molar-refractivity contribution >= 4 is 21.6 Å². The highest BCUT2D eigenvalue weighted by molar-refractivity contribution is 7.89. The fourth-order valence-corrected chi connectivity index (χ4v) is 5.44. The summed E-state index contributed by atoms with van der Waals surface area (Å²) < 4.78 is 48.2. The number of halogens is 1. The number of benzene rings is 2. The van der Waals surface area contributed by atoms with Gasteiger partial charge in [0.25, 0.3) is 5.91 Å². The predicted molar refractivity (Wildman–Crippen MR) is 122 cm³/mol. The van der Waals surface area contributed by atoms with Gasteiger partial charge in [-0.2, -0.15) is 9.40 Å². The summed E-state index contributed by atoms with van der Waals surface area (Å²) in [6.45, 7) is 0.950. The zero-order chi connectivity index (χ0) is 23.6. The van der Waals surface area contributed by atoms with Gasteiger partial charge in [-0.05, 0) is 43.2 Å². The van der Waals surface area contributed by atoms with E-state index in [1.54, 1.807) is 19.2 Å². The van der Waals surface area contributed by atoms with Crippen molar-refractivity contribution in [3.05, 3.63) is 60.0 Å². The van der Waals surface area contributed by atoms with Crippen LogP contribution in [0.15, 0.2) is 53.6 Å². The number of methoxy groups -OCH3 is 1. The number of hydrogen-bond acceptors (Lipinski definition) is 5. The molecule has 3 aromatic rings. The Morgan fingerprint density at radius 3 is 2.58 bits per heavy atom. The molecule has 1 aliphatic rings. The van der Waals surface area contributed by atoms with Crippen LogP contribution in [0.1, 0.15) is 29.6 Å². The second kappa shape index (κ2) is 9.32. The molecule has 1 aliphatic heterocycles. The lowest BCUT2D eigenvalue weighted by atomic mass is 10.1. The third-order valence-corrected chi connectivity index (χ3v) is 7.44. The standard InChI is InChI=1S/C23H25FN4O4S/c1-27-15-19(22(26-27)16-7-6-8-17(24)13-16)23(29)25-20-14-18(9-10-21(20)32-2)33(30,31)28-11-4-3-5-12-28/h6-10,13-15H,3-5,11-12H2,1-2H3,(H,25,29). The van der Waals surface area contributed by atoms with Crippen LogP contribution in [0.5, 0.6) is 5.75 Å². The van der Waals surface area contributed by atoms with Crippen LogP contribution in [0.3, 0.4) is 0 Å². The molecule has 4 rings (SSSR count). The van der Waals surface area contributed by atoms with Crippen LogP contribution in [0.25, 0.3) is 11.3 Å². The number of anilines is 1. The summed E-state index contributed by atoms with van der Waals surface area (Å²) in [5, 5.41) is 7.04. The monoisotopic (exact) mass is 472 g/mol. The molecule has 0 saturated carbocycles. The Morgan fingerprint density at radius 2 is 1.88 bits per heavy atom.